The van der Waals surface area contributed by atoms with E-state index in [9.17, 15) is 0 Å². The molecule has 0 aromatic carbocycles. The highest BCUT2D eigenvalue weighted by Gasteiger charge is 1.95. The Labute approximate surface area is 76.7 Å². The summed E-state index contributed by atoms with van der Waals surface area (Å²) in [4.78, 5) is 0. The van der Waals surface area contributed by atoms with Gasteiger partial charge in [0.05, 0.1) is 0 Å². The molecule has 0 spiro atoms. The molecule has 0 bridgehead atoms. The van der Waals surface area contributed by atoms with Crippen LogP contribution < -0.4 is 0 Å². The number of rotatable bonds is 5. The van der Waals surface area contributed by atoms with Crippen molar-refractivity contribution in [2.75, 3.05) is 0 Å². The fraction of sp³-hybridized carbons (Fsp3) is 0.500. The molecule has 0 radical (unpaired) electrons. The SMILES string of the molecule is C=C(C)C(=C)CCC/C(C)=C/C. The van der Waals surface area contributed by atoms with E-state index in [1.807, 2.05) is 6.92 Å². The van der Waals surface area contributed by atoms with E-state index in [0.717, 1.165) is 12.0 Å². The van der Waals surface area contributed by atoms with Crippen LogP contribution in [0.3, 0.4) is 0 Å². The molecule has 0 fully saturated rings. The van der Waals surface area contributed by atoms with Gasteiger partial charge in [0.15, 0.2) is 0 Å². The molecule has 0 saturated heterocycles. The van der Waals surface area contributed by atoms with E-state index >= 15 is 0 Å². The van der Waals surface area contributed by atoms with Crippen molar-refractivity contribution in [3.05, 3.63) is 36.0 Å². The summed E-state index contributed by atoms with van der Waals surface area (Å²) in [5, 5.41) is 0. The summed E-state index contributed by atoms with van der Waals surface area (Å²) in [5.74, 6) is 0. The van der Waals surface area contributed by atoms with Crippen LogP contribution in [0, 0.1) is 0 Å². The van der Waals surface area contributed by atoms with Gasteiger partial charge in [0, 0.05) is 0 Å². The quantitative estimate of drug-likeness (QED) is 0.421. The van der Waals surface area contributed by atoms with Crippen LogP contribution in [0.15, 0.2) is 36.0 Å². The summed E-state index contributed by atoms with van der Waals surface area (Å²) >= 11 is 0. The average molecular weight is 164 g/mol. The lowest BCUT2D eigenvalue weighted by Crippen LogP contribution is -1.84. The third-order valence-corrected chi connectivity index (χ3v) is 2.15. The van der Waals surface area contributed by atoms with Gasteiger partial charge in [-0.05, 0) is 40.0 Å². The first-order chi connectivity index (χ1) is 5.57. The van der Waals surface area contributed by atoms with Crippen LogP contribution in [-0.4, -0.2) is 0 Å². The Hall–Kier alpha value is -0.780. The summed E-state index contributed by atoms with van der Waals surface area (Å²) in [6, 6.07) is 0. The molecule has 0 unspecified atom stereocenters. The smallest absolute Gasteiger partial charge is 0.0279 e. The third kappa shape index (κ3) is 4.95. The van der Waals surface area contributed by atoms with Gasteiger partial charge in [-0.3, -0.25) is 0 Å². The Morgan fingerprint density at radius 3 is 2.17 bits per heavy atom. The topological polar surface area (TPSA) is 0 Å². The highest BCUT2D eigenvalue weighted by Crippen LogP contribution is 2.15. The van der Waals surface area contributed by atoms with Crippen LogP contribution >= 0.6 is 0 Å². The van der Waals surface area contributed by atoms with Crippen LogP contribution in [-0.2, 0) is 0 Å². The van der Waals surface area contributed by atoms with Gasteiger partial charge < -0.3 is 0 Å². The van der Waals surface area contributed by atoms with Crippen LogP contribution in [0.5, 0.6) is 0 Å². The van der Waals surface area contributed by atoms with E-state index in [-0.39, 0.29) is 0 Å². The summed E-state index contributed by atoms with van der Waals surface area (Å²) in [6.07, 6.45) is 5.63. The normalized spacial score (nSPS) is 11.4. The maximum absolute atomic E-state index is 3.96. The Bertz CT molecular complexity index is 194. The minimum absolute atomic E-state index is 1.08. The first-order valence-electron chi connectivity index (χ1n) is 4.53. The van der Waals surface area contributed by atoms with Gasteiger partial charge in [0.2, 0.25) is 0 Å². The van der Waals surface area contributed by atoms with Crippen LogP contribution in [0.4, 0.5) is 0 Å². The van der Waals surface area contributed by atoms with Gasteiger partial charge >= 0.3 is 0 Å². The molecular formula is C12H20. The van der Waals surface area contributed by atoms with E-state index in [2.05, 4.69) is 33.1 Å². The molecule has 12 heavy (non-hydrogen) atoms. The van der Waals surface area contributed by atoms with E-state index in [0.29, 0.717) is 0 Å². The van der Waals surface area contributed by atoms with Crippen molar-refractivity contribution in [1.29, 1.82) is 0 Å². The molecule has 0 aliphatic rings. The molecule has 0 aliphatic heterocycles. The molecule has 68 valence electrons. The van der Waals surface area contributed by atoms with Crippen molar-refractivity contribution in [3.63, 3.8) is 0 Å². The third-order valence-electron chi connectivity index (χ3n) is 2.15. The highest BCUT2D eigenvalue weighted by atomic mass is 14.0. The summed E-state index contributed by atoms with van der Waals surface area (Å²) < 4.78 is 0. The molecule has 0 amide bonds. The van der Waals surface area contributed by atoms with Crippen molar-refractivity contribution in [2.24, 2.45) is 0 Å². The molecule has 0 saturated carbocycles. The number of hydrogen-bond acceptors (Lipinski definition) is 0. The highest BCUT2D eigenvalue weighted by molar-refractivity contribution is 5.22. The predicted octanol–water partition coefficient (Wildman–Crippen LogP) is 4.26. The summed E-state index contributed by atoms with van der Waals surface area (Å²) in [6.45, 7) is 14.1. The second-order valence-corrected chi connectivity index (χ2v) is 3.37. The van der Waals surface area contributed by atoms with Gasteiger partial charge in [-0.25, -0.2) is 0 Å². The first kappa shape index (κ1) is 11.2. The summed E-state index contributed by atoms with van der Waals surface area (Å²) in [7, 11) is 0. The Morgan fingerprint density at radius 2 is 1.75 bits per heavy atom. The lowest BCUT2D eigenvalue weighted by atomic mass is 10.0. The lowest BCUT2D eigenvalue weighted by Gasteiger charge is -2.04. The van der Waals surface area contributed by atoms with Gasteiger partial charge in [-0.1, -0.05) is 36.0 Å². The molecule has 0 nitrogen and oxygen atoms in total. The van der Waals surface area contributed by atoms with Crippen molar-refractivity contribution in [3.8, 4) is 0 Å². The van der Waals surface area contributed by atoms with Gasteiger partial charge in [-0.2, -0.15) is 0 Å². The van der Waals surface area contributed by atoms with E-state index in [1.54, 1.807) is 0 Å². The first-order valence-corrected chi connectivity index (χ1v) is 4.53. The fourth-order valence-electron chi connectivity index (χ4n) is 0.938. The minimum Gasteiger partial charge on any atom is -0.0959 e. The molecule has 0 rings (SSSR count). The Balaban J connectivity index is 3.58. The largest absolute Gasteiger partial charge is 0.0959 e. The maximum Gasteiger partial charge on any atom is -0.0279 e. The second-order valence-electron chi connectivity index (χ2n) is 3.37. The van der Waals surface area contributed by atoms with Crippen molar-refractivity contribution >= 4 is 0 Å². The molecule has 0 heterocycles. The standard InChI is InChI=1S/C12H20/c1-6-11(4)8-7-9-12(5)10(2)3/h6H,2,5,7-9H2,1,3-4H3/b11-6+. The average Bonchev–Trinajstić information content (AvgIpc) is 2.03. The van der Waals surface area contributed by atoms with Gasteiger partial charge in [0.25, 0.3) is 0 Å². The Morgan fingerprint density at radius 1 is 1.17 bits per heavy atom. The van der Waals surface area contributed by atoms with Crippen molar-refractivity contribution < 1.29 is 0 Å². The molecule has 0 heteroatoms. The molecule has 0 N–H and O–H groups in total. The van der Waals surface area contributed by atoms with Crippen LogP contribution in [0.1, 0.15) is 40.0 Å². The minimum atomic E-state index is 1.08. The van der Waals surface area contributed by atoms with Gasteiger partial charge in [0.1, 0.15) is 0 Å². The zero-order chi connectivity index (χ0) is 9.56. The zero-order valence-electron chi connectivity index (χ0n) is 8.61. The fourth-order valence-corrected chi connectivity index (χ4v) is 0.938. The van der Waals surface area contributed by atoms with E-state index in [1.165, 1.54) is 24.0 Å². The van der Waals surface area contributed by atoms with Crippen LogP contribution in [0.2, 0.25) is 0 Å². The second kappa shape index (κ2) is 5.82. The molecule has 0 aliphatic carbocycles. The Kier molecular flexibility index (Phi) is 5.44. The number of hydrogen-bond donors (Lipinski definition) is 0. The lowest BCUT2D eigenvalue weighted by molar-refractivity contribution is 0.808. The predicted molar refractivity (Wildman–Crippen MR) is 57.2 cm³/mol. The number of allylic oxidation sites excluding steroid dienone is 4. The van der Waals surface area contributed by atoms with E-state index < -0.39 is 0 Å². The van der Waals surface area contributed by atoms with Crippen LogP contribution in [0.25, 0.3) is 0 Å². The zero-order valence-corrected chi connectivity index (χ0v) is 8.61. The summed E-state index contributed by atoms with van der Waals surface area (Å²) in [5.41, 5.74) is 3.77. The van der Waals surface area contributed by atoms with Crippen molar-refractivity contribution in [2.45, 2.75) is 40.0 Å². The molecule has 0 aromatic heterocycles. The maximum atomic E-state index is 3.96. The molecule has 0 atom stereocenters. The van der Waals surface area contributed by atoms with E-state index in [4.69, 9.17) is 0 Å². The van der Waals surface area contributed by atoms with Gasteiger partial charge in [-0.15, -0.1) is 0 Å². The molecule has 0 aromatic rings. The molecular weight excluding hydrogens is 144 g/mol. The monoisotopic (exact) mass is 164 g/mol. The van der Waals surface area contributed by atoms with Crippen molar-refractivity contribution in [1.82, 2.24) is 0 Å².